The highest BCUT2D eigenvalue weighted by atomic mass is 16.6. The van der Waals surface area contributed by atoms with Gasteiger partial charge in [-0.05, 0) is 30.7 Å². The van der Waals surface area contributed by atoms with Gasteiger partial charge < -0.3 is 9.30 Å². The van der Waals surface area contributed by atoms with E-state index in [4.69, 9.17) is 4.74 Å². The molecule has 1 heterocycles. The Balaban J connectivity index is 1.75. The summed E-state index contributed by atoms with van der Waals surface area (Å²) in [6.07, 6.45) is 1.21. The number of imidazole rings is 1. The molecule has 0 saturated heterocycles. The number of nitrogens with zero attached hydrogens (tertiary/aromatic N) is 2. The number of fused-ring (bicyclic) bond motifs is 1. The minimum atomic E-state index is -0.514. The van der Waals surface area contributed by atoms with Crippen LogP contribution in [0, 0.1) is 6.92 Å². The Morgan fingerprint density at radius 3 is 2.86 bits per heavy atom. The molecule has 0 saturated carbocycles. The van der Waals surface area contributed by atoms with Crippen LogP contribution in [-0.4, -0.2) is 15.6 Å². The van der Waals surface area contributed by atoms with Crippen molar-refractivity contribution < 1.29 is 9.53 Å². The Labute approximate surface area is 122 Å². The van der Waals surface area contributed by atoms with Crippen molar-refractivity contribution in [3.8, 4) is 5.75 Å². The predicted octanol–water partition coefficient (Wildman–Crippen LogP) is 3.49. The van der Waals surface area contributed by atoms with Crippen LogP contribution in [0.15, 0.2) is 48.8 Å². The van der Waals surface area contributed by atoms with Gasteiger partial charge in [0.1, 0.15) is 5.75 Å². The first-order valence-corrected chi connectivity index (χ1v) is 6.59. The third-order valence-electron chi connectivity index (χ3n) is 3.29. The lowest BCUT2D eigenvalue weighted by atomic mass is 10.2. The number of anilines is 1. The lowest BCUT2D eigenvalue weighted by Crippen LogP contribution is -2.17. The molecule has 0 bridgehead atoms. The topological polar surface area (TPSA) is 56.1 Å². The first-order valence-electron chi connectivity index (χ1n) is 6.59. The quantitative estimate of drug-likeness (QED) is 0.782. The van der Waals surface area contributed by atoms with Gasteiger partial charge in [-0.15, -0.1) is 0 Å². The van der Waals surface area contributed by atoms with Crippen molar-refractivity contribution in [1.29, 1.82) is 0 Å². The summed E-state index contributed by atoms with van der Waals surface area (Å²) in [4.78, 5) is 16.2. The molecule has 0 aliphatic heterocycles. The van der Waals surface area contributed by atoms with Crippen molar-refractivity contribution in [3.05, 3.63) is 54.4 Å². The van der Waals surface area contributed by atoms with Gasteiger partial charge in [0.05, 0.1) is 17.4 Å². The van der Waals surface area contributed by atoms with Crippen LogP contribution in [-0.2, 0) is 7.05 Å². The summed E-state index contributed by atoms with van der Waals surface area (Å²) in [7, 11) is 1.92. The van der Waals surface area contributed by atoms with Crippen LogP contribution in [0.3, 0.4) is 0 Å². The first-order chi connectivity index (χ1) is 10.1. The van der Waals surface area contributed by atoms with E-state index in [1.165, 1.54) is 0 Å². The van der Waals surface area contributed by atoms with Crippen LogP contribution in [0.5, 0.6) is 5.75 Å². The van der Waals surface area contributed by atoms with Gasteiger partial charge >= 0.3 is 6.09 Å². The zero-order chi connectivity index (χ0) is 14.8. The Bertz CT molecular complexity index is 808. The Morgan fingerprint density at radius 1 is 1.24 bits per heavy atom. The molecule has 5 nitrogen and oxygen atoms in total. The highest BCUT2D eigenvalue weighted by Gasteiger charge is 2.08. The number of rotatable bonds is 2. The van der Waals surface area contributed by atoms with Gasteiger partial charge in [-0.25, -0.2) is 9.78 Å². The maximum atomic E-state index is 11.9. The van der Waals surface area contributed by atoms with E-state index in [0.717, 1.165) is 22.3 Å². The molecule has 0 fully saturated rings. The lowest BCUT2D eigenvalue weighted by molar-refractivity contribution is 0.215. The van der Waals surface area contributed by atoms with E-state index >= 15 is 0 Å². The zero-order valence-corrected chi connectivity index (χ0v) is 11.8. The summed E-state index contributed by atoms with van der Waals surface area (Å²) >= 11 is 0. The summed E-state index contributed by atoms with van der Waals surface area (Å²) in [5.41, 5.74) is 3.50. The van der Waals surface area contributed by atoms with Gasteiger partial charge in [0, 0.05) is 18.8 Å². The number of aromatic nitrogens is 2. The third kappa shape index (κ3) is 2.72. The van der Waals surface area contributed by atoms with Crippen molar-refractivity contribution >= 4 is 22.8 Å². The summed E-state index contributed by atoms with van der Waals surface area (Å²) in [5, 5.41) is 2.73. The van der Waals surface area contributed by atoms with Crippen molar-refractivity contribution in [2.45, 2.75) is 6.92 Å². The van der Waals surface area contributed by atoms with Gasteiger partial charge in [0.2, 0.25) is 0 Å². The lowest BCUT2D eigenvalue weighted by Gasteiger charge is -2.08. The van der Waals surface area contributed by atoms with E-state index in [0.29, 0.717) is 5.75 Å². The number of hydrogen-bond donors (Lipinski definition) is 1. The van der Waals surface area contributed by atoms with Crippen molar-refractivity contribution in [3.63, 3.8) is 0 Å². The molecule has 0 spiro atoms. The van der Waals surface area contributed by atoms with Gasteiger partial charge in [-0.2, -0.15) is 0 Å². The molecular weight excluding hydrogens is 266 g/mol. The molecule has 0 aliphatic carbocycles. The van der Waals surface area contributed by atoms with Crippen LogP contribution in [0.25, 0.3) is 11.0 Å². The number of nitrogens with one attached hydrogen (secondary N) is 1. The fraction of sp³-hybridized carbons (Fsp3) is 0.125. The van der Waals surface area contributed by atoms with Crippen LogP contribution < -0.4 is 10.1 Å². The Morgan fingerprint density at radius 2 is 2.05 bits per heavy atom. The van der Waals surface area contributed by atoms with Crippen LogP contribution in [0.1, 0.15) is 5.56 Å². The monoisotopic (exact) mass is 281 g/mol. The van der Waals surface area contributed by atoms with Crippen LogP contribution in [0.2, 0.25) is 0 Å². The van der Waals surface area contributed by atoms with E-state index in [9.17, 15) is 4.79 Å². The van der Waals surface area contributed by atoms with Crippen LogP contribution in [0.4, 0.5) is 10.5 Å². The molecule has 5 heteroatoms. The number of ether oxygens (including phenoxy) is 1. The van der Waals surface area contributed by atoms with E-state index in [-0.39, 0.29) is 0 Å². The molecule has 1 N–H and O–H groups in total. The van der Waals surface area contributed by atoms with Gasteiger partial charge in [0.15, 0.2) is 0 Å². The summed E-state index contributed by atoms with van der Waals surface area (Å²) < 4.78 is 7.20. The SMILES string of the molecule is Cc1ccccc1NC(=O)Oc1ccc2c(c1)ncn2C. The Hall–Kier alpha value is -2.82. The van der Waals surface area contributed by atoms with Gasteiger partial charge in [-0.1, -0.05) is 18.2 Å². The van der Waals surface area contributed by atoms with E-state index < -0.39 is 6.09 Å². The molecular formula is C16H15N3O2. The van der Waals surface area contributed by atoms with E-state index in [2.05, 4.69) is 10.3 Å². The number of carbonyl (C=O) groups is 1. The largest absolute Gasteiger partial charge is 0.417 e. The number of para-hydroxylation sites is 1. The molecule has 21 heavy (non-hydrogen) atoms. The summed E-state index contributed by atoms with van der Waals surface area (Å²) in [5.74, 6) is 0.465. The second kappa shape index (κ2) is 5.28. The minimum Gasteiger partial charge on any atom is -0.410 e. The molecule has 1 amide bonds. The average molecular weight is 281 g/mol. The normalized spacial score (nSPS) is 10.6. The summed E-state index contributed by atoms with van der Waals surface area (Å²) in [6.45, 7) is 1.93. The fourth-order valence-electron chi connectivity index (χ4n) is 2.14. The second-order valence-corrected chi connectivity index (χ2v) is 4.84. The second-order valence-electron chi connectivity index (χ2n) is 4.84. The molecule has 1 aromatic heterocycles. The van der Waals surface area contributed by atoms with Crippen LogP contribution >= 0.6 is 0 Å². The standard InChI is InChI=1S/C16H15N3O2/c1-11-5-3-4-6-13(11)18-16(20)21-12-7-8-15-14(9-12)17-10-19(15)2/h3-10H,1-2H3,(H,18,20). The number of hydrogen-bond acceptors (Lipinski definition) is 3. The number of benzene rings is 2. The minimum absolute atomic E-state index is 0.465. The number of carbonyl (C=O) groups excluding carboxylic acids is 1. The predicted molar refractivity (Wildman–Crippen MR) is 81.5 cm³/mol. The van der Waals surface area contributed by atoms with Crippen molar-refractivity contribution in [2.75, 3.05) is 5.32 Å². The molecule has 106 valence electrons. The fourth-order valence-corrected chi connectivity index (χ4v) is 2.14. The smallest absolute Gasteiger partial charge is 0.410 e. The molecule has 2 aromatic carbocycles. The van der Waals surface area contributed by atoms with E-state index in [1.54, 1.807) is 18.5 Å². The summed E-state index contributed by atoms with van der Waals surface area (Å²) in [6, 6.07) is 12.9. The molecule has 0 aliphatic rings. The Kier molecular flexibility index (Phi) is 3.31. The number of aryl methyl sites for hydroxylation is 2. The van der Waals surface area contributed by atoms with Gasteiger partial charge in [-0.3, -0.25) is 5.32 Å². The van der Waals surface area contributed by atoms with Crippen molar-refractivity contribution in [2.24, 2.45) is 7.05 Å². The molecule has 0 unspecified atom stereocenters. The molecule has 0 atom stereocenters. The average Bonchev–Trinajstić information content (AvgIpc) is 2.82. The highest BCUT2D eigenvalue weighted by Crippen LogP contribution is 2.20. The molecule has 3 rings (SSSR count). The van der Waals surface area contributed by atoms with E-state index in [1.807, 2.05) is 48.9 Å². The number of amides is 1. The zero-order valence-electron chi connectivity index (χ0n) is 11.8. The van der Waals surface area contributed by atoms with Gasteiger partial charge in [0.25, 0.3) is 0 Å². The van der Waals surface area contributed by atoms with Crippen molar-refractivity contribution in [1.82, 2.24) is 9.55 Å². The molecule has 0 radical (unpaired) electrons. The maximum absolute atomic E-state index is 11.9. The maximum Gasteiger partial charge on any atom is 0.417 e. The highest BCUT2D eigenvalue weighted by molar-refractivity contribution is 5.88. The first kappa shape index (κ1) is 13.2. The third-order valence-corrected chi connectivity index (χ3v) is 3.29. The molecule has 3 aromatic rings.